The Bertz CT molecular complexity index is 2740. The predicted molar refractivity (Wildman–Crippen MR) is 274 cm³/mol. The summed E-state index contributed by atoms with van der Waals surface area (Å²) >= 11 is 0. The third kappa shape index (κ3) is 9.15. The lowest BCUT2D eigenvalue weighted by atomic mass is 10.3. The third-order valence-electron chi connectivity index (χ3n) is 11.7. The van der Waals surface area contributed by atoms with Gasteiger partial charge in [-0.15, -0.1) is 0 Å². The summed E-state index contributed by atoms with van der Waals surface area (Å²) in [4.78, 5) is 0. The van der Waals surface area contributed by atoms with Crippen molar-refractivity contribution in [2.75, 3.05) is 110 Å². The van der Waals surface area contributed by atoms with E-state index in [1.54, 1.807) is 0 Å². The van der Waals surface area contributed by atoms with Crippen LogP contribution < -0.4 is 87.4 Å². The lowest BCUT2D eigenvalue weighted by molar-refractivity contribution is 0.171. The van der Waals surface area contributed by atoms with Crippen molar-refractivity contribution >= 4 is 56.6 Å². The van der Waals surface area contributed by atoms with Crippen LogP contribution in [0.5, 0.6) is 69.0 Å². The second-order valence-corrected chi connectivity index (χ2v) is 24.0. The molecule has 0 amide bonds. The van der Waals surface area contributed by atoms with E-state index in [0.717, 1.165) is 0 Å². The van der Waals surface area contributed by atoms with Crippen molar-refractivity contribution < 1.29 is 56.8 Å². The van der Waals surface area contributed by atoms with Crippen molar-refractivity contribution in [2.24, 2.45) is 13.5 Å². The molecule has 372 valence electrons. The van der Waals surface area contributed by atoms with Gasteiger partial charge in [0.1, 0.15) is 79.3 Å². The SMILES string of the molecule is c1cc2c(cc1NP1(Nc3ccc4c(c3)OCCO4)=NP(Nc3ccc4c(c3)OCCO4)(Nc3ccc4c(c3)OCCO4)=NP(Nc3ccc4c(c3)OCCO4)(Nc3ccc4c(c3)OCCO4)=N1)OCCO2. The zero-order chi connectivity index (χ0) is 48.0. The van der Waals surface area contributed by atoms with Crippen molar-refractivity contribution in [3.63, 3.8) is 0 Å². The Morgan fingerprint density at radius 2 is 0.375 bits per heavy atom. The molecule has 0 bridgehead atoms. The van der Waals surface area contributed by atoms with Crippen molar-refractivity contribution in [1.29, 1.82) is 0 Å². The van der Waals surface area contributed by atoms with Crippen LogP contribution in [0.2, 0.25) is 0 Å². The highest BCUT2D eigenvalue weighted by molar-refractivity contribution is 7.89. The molecular formula is C48H48N9O12P3. The van der Waals surface area contributed by atoms with Gasteiger partial charge in [0.2, 0.25) is 0 Å². The van der Waals surface area contributed by atoms with E-state index in [9.17, 15) is 0 Å². The number of anilines is 6. The van der Waals surface area contributed by atoms with Gasteiger partial charge < -0.3 is 87.4 Å². The minimum absolute atomic E-state index is 0.390. The highest BCUT2D eigenvalue weighted by Crippen LogP contribution is 2.77. The minimum Gasteiger partial charge on any atom is -0.486 e. The summed E-state index contributed by atoms with van der Waals surface area (Å²) in [6, 6.07) is 34.1. The Morgan fingerprint density at radius 1 is 0.222 bits per heavy atom. The molecule has 0 fully saturated rings. The number of hydrogen-bond acceptors (Lipinski definition) is 21. The summed E-state index contributed by atoms with van der Waals surface area (Å²) in [6.45, 7) is 4.94. The lowest BCUT2D eigenvalue weighted by Crippen LogP contribution is -2.19. The average Bonchev–Trinajstić information content (AvgIpc) is 3.40. The molecule has 13 rings (SSSR count). The van der Waals surface area contributed by atoms with Crippen molar-refractivity contribution in [1.82, 2.24) is 0 Å². The Labute approximate surface area is 413 Å². The molecule has 0 aliphatic carbocycles. The van der Waals surface area contributed by atoms with Gasteiger partial charge in [0.25, 0.3) is 22.5 Å². The number of nitrogens with zero attached hydrogens (tertiary/aromatic N) is 3. The number of nitrogens with one attached hydrogen (secondary N) is 6. The van der Waals surface area contributed by atoms with Gasteiger partial charge in [-0.2, -0.15) is 13.5 Å². The van der Waals surface area contributed by atoms with E-state index < -0.39 is 22.5 Å². The van der Waals surface area contributed by atoms with Crippen LogP contribution in [0.1, 0.15) is 0 Å². The summed E-state index contributed by atoms with van der Waals surface area (Å²) < 4.78 is 90.4. The molecule has 0 aromatic heterocycles. The largest absolute Gasteiger partial charge is 0.486 e. The maximum atomic E-state index is 6.14. The van der Waals surface area contributed by atoms with E-state index in [1.807, 2.05) is 109 Å². The minimum atomic E-state index is -3.70. The van der Waals surface area contributed by atoms with Gasteiger partial charge in [-0.05, 0) is 72.8 Å². The van der Waals surface area contributed by atoms with Gasteiger partial charge in [0.05, 0.1) is 0 Å². The molecule has 0 spiro atoms. The highest BCUT2D eigenvalue weighted by Gasteiger charge is 2.41. The Kier molecular flexibility index (Phi) is 11.4. The van der Waals surface area contributed by atoms with Crippen LogP contribution in [0.25, 0.3) is 0 Å². The molecule has 21 nitrogen and oxygen atoms in total. The van der Waals surface area contributed by atoms with Crippen LogP contribution in [-0.2, 0) is 0 Å². The number of fused-ring (bicyclic) bond motifs is 6. The van der Waals surface area contributed by atoms with Crippen LogP contribution in [0.15, 0.2) is 123 Å². The van der Waals surface area contributed by atoms with Crippen molar-refractivity contribution in [3.8, 4) is 69.0 Å². The molecule has 0 atom stereocenters. The van der Waals surface area contributed by atoms with Crippen LogP contribution in [0.3, 0.4) is 0 Å². The first-order valence-electron chi connectivity index (χ1n) is 23.4. The molecule has 6 aromatic rings. The van der Waals surface area contributed by atoms with E-state index in [-0.39, 0.29) is 0 Å². The van der Waals surface area contributed by atoms with Crippen molar-refractivity contribution in [2.45, 2.75) is 0 Å². The fourth-order valence-electron chi connectivity index (χ4n) is 8.73. The molecule has 6 aromatic carbocycles. The second kappa shape index (κ2) is 18.5. The average molecular weight is 1040 g/mol. The Hall–Kier alpha value is -7.59. The van der Waals surface area contributed by atoms with Gasteiger partial charge in [0.15, 0.2) is 69.0 Å². The monoisotopic (exact) mass is 1040 g/mol. The first-order chi connectivity index (χ1) is 35.4. The standard InChI is InChI=1S/C48H48N9O12P3/c1-7-37-43(64-19-13-58-37)25-31(1)49-70(50-32-2-8-38-44(26-32)65-20-14-59-38)55-71(51-33-3-9-39-45(27-33)66-21-15-60-39,52-34-4-10-40-46(28-34)67-22-16-61-40)57-72(56-70,53-35-5-11-41-47(29-35)68-23-17-62-41)54-36-6-12-42-48(30-36)69-24-18-63-42/h1-12,25-30,49-54H,13-24H2. The second-order valence-electron chi connectivity index (χ2n) is 16.9. The smallest absolute Gasteiger partial charge is 0.268 e. The van der Waals surface area contributed by atoms with Crippen LogP contribution >= 0.6 is 22.5 Å². The number of hydrogen-bond donors (Lipinski definition) is 6. The van der Waals surface area contributed by atoms with E-state index in [0.29, 0.717) is 182 Å². The molecule has 0 saturated heterocycles. The normalized spacial score (nSPS) is 18.5. The molecule has 0 unspecified atom stereocenters. The van der Waals surface area contributed by atoms with E-state index in [1.165, 1.54) is 0 Å². The molecule has 0 saturated carbocycles. The van der Waals surface area contributed by atoms with Gasteiger partial charge in [-0.3, -0.25) is 0 Å². The topological polar surface area (TPSA) is 220 Å². The van der Waals surface area contributed by atoms with E-state index in [2.05, 4.69) is 30.5 Å². The lowest BCUT2D eigenvalue weighted by Gasteiger charge is -2.39. The quantitative estimate of drug-likeness (QED) is 0.0628. The predicted octanol–water partition coefficient (Wildman–Crippen LogP) is 11.1. The summed E-state index contributed by atoms with van der Waals surface area (Å²) in [6.07, 6.45) is 0. The summed E-state index contributed by atoms with van der Waals surface area (Å²) in [5.74, 6) is 7.15. The maximum Gasteiger partial charge on any atom is 0.268 e. The first-order valence-corrected chi connectivity index (χ1v) is 28.5. The third-order valence-corrected chi connectivity index (χ3v) is 21.4. The van der Waals surface area contributed by atoms with Crippen LogP contribution in [0, 0.1) is 0 Å². The molecular weight excluding hydrogens is 988 g/mol. The Balaban J connectivity index is 1.08. The Morgan fingerprint density at radius 3 is 0.542 bits per heavy atom. The fourth-order valence-corrected chi connectivity index (χ4v) is 19.9. The molecule has 7 heterocycles. The summed E-state index contributed by atoms with van der Waals surface area (Å²) in [7, 11) is -11.1. The number of ether oxygens (including phenoxy) is 12. The molecule has 0 radical (unpaired) electrons. The molecule has 7 aliphatic heterocycles. The highest BCUT2D eigenvalue weighted by atomic mass is 31.3. The van der Waals surface area contributed by atoms with Crippen molar-refractivity contribution in [3.05, 3.63) is 109 Å². The van der Waals surface area contributed by atoms with E-state index in [4.69, 9.17) is 70.4 Å². The van der Waals surface area contributed by atoms with Gasteiger partial charge in [0, 0.05) is 70.5 Å². The summed E-state index contributed by atoms with van der Waals surface area (Å²) in [5.41, 5.74) is 3.84. The van der Waals surface area contributed by atoms with Crippen LogP contribution in [-0.4, -0.2) is 79.3 Å². The van der Waals surface area contributed by atoms with Gasteiger partial charge >= 0.3 is 0 Å². The zero-order valence-electron chi connectivity index (χ0n) is 38.5. The number of rotatable bonds is 12. The van der Waals surface area contributed by atoms with E-state index >= 15 is 0 Å². The first kappa shape index (κ1) is 44.4. The molecule has 6 N–H and O–H groups in total. The fraction of sp³-hybridized carbons (Fsp3) is 0.250. The molecule has 72 heavy (non-hydrogen) atoms. The van der Waals surface area contributed by atoms with Gasteiger partial charge in [-0.1, -0.05) is 0 Å². The maximum absolute atomic E-state index is 6.14. The van der Waals surface area contributed by atoms with Crippen LogP contribution in [0.4, 0.5) is 34.1 Å². The summed E-state index contributed by atoms with van der Waals surface area (Å²) in [5, 5.41) is 23.0. The van der Waals surface area contributed by atoms with Gasteiger partial charge in [-0.25, -0.2) is 0 Å². The zero-order valence-corrected chi connectivity index (χ0v) is 41.1. The molecule has 24 heteroatoms. The number of benzene rings is 6. The molecule has 7 aliphatic rings.